The number of anilines is 1. The third-order valence-corrected chi connectivity index (χ3v) is 4.95. The molecule has 0 saturated carbocycles. The number of hydrogen-bond acceptors (Lipinski definition) is 5. The Labute approximate surface area is 142 Å². The highest BCUT2D eigenvalue weighted by Gasteiger charge is 2.17. The molecule has 0 aliphatic rings. The predicted molar refractivity (Wildman–Crippen MR) is 97.4 cm³/mol. The second-order valence-corrected chi connectivity index (χ2v) is 6.51. The van der Waals surface area contributed by atoms with Gasteiger partial charge in [0.25, 0.3) is 0 Å². The first-order chi connectivity index (χ1) is 11.7. The van der Waals surface area contributed by atoms with Crippen LogP contribution in [0.25, 0.3) is 21.1 Å². The molecule has 0 bridgehead atoms. The fourth-order valence-electron chi connectivity index (χ4n) is 2.61. The Morgan fingerprint density at radius 3 is 2.83 bits per heavy atom. The second-order valence-electron chi connectivity index (χ2n) is 5.50. The monoisotopic (exact) mass is 337 g/mol. The molecular weight excluding hydrogens is 320 g/mol. The van der Waals surface area contributed by atoms with E-state index in [-0.39, 0.29) is 0 Å². The van der Waals surface area contributed by atoms with Gasteiger partial charge in [-0.1, -0.05) is 0 Å². The molecule has 0 aliphatic carbocycles. The van der Waals surface area contributed by atoms with Crippen molar-refractivity contribution in [3.63, 3.8) is 0 Å². The first kappa shape index (κ1) is 14.8. The average Bonchev–Trinajstić information content (AvgIpc) is 3.17. The summed E-state index contributed by atoms with van der Waals surface area (Å²) < 4.78 is 3.22. The molecular formula is C17H17N6S+. The number of azo groups is 1. The van der Waals surface area contributed by atoms with Crippen molar-refractivity contribution in [2.24, 2.45) is 17.3 Å². The van der Waals surface area contributed by atoms with Crippen molar-refractivity contribution in [3.8, 4) is 0 Å². The fourth-order valence-corrected chi connectivity index (χ4v) is 3.61. The van der Waals surface area contributed by atoms with E-state index >= 15 is 0 Å². The van der Waals surface area contributed by atoms with E-state index < -0.39 is 0 Å². The highest BCUT2D eigenvalue weighted by Crippen LogP contribution is 2.30. The maximum atomic E-state index is 4.42. The van der Waals surface area contributed by atoms with Crippen LogP contribution in [0.1, 0.15) is 6.92 Å². The van der Waals surface area contributed by atoms with Crippen molar-refractivity contribution in [3.05, 3.63) is 42.6 Å². The summed E-state index contributed by atoms with van der Waals surface area (Å²) in [7, 11) is 2.00. The number of nitrogens with zero attached hydrogens (tertiary/aromatic N) is 4. The van der Waals surface area contributed by atoms with Gasteiger partial charge in [0.1, 0.15) is 11.2 Å². The number of nitrogens with one attached hydrogen (secondary N) is 2. The summed E-state index contributed by atoms with van der Waals surface area (Å²) in [6.45, 7) is 2.98. The largest absolute Gasteiger partial charge is 0.409 e. The topological polar surface area (TPSA) is 69.3 Å². The molecule has 0 atom stereocenters. The Morgan fingerprint density at radius 1 is 1.21 bits per heavy atom. The van der Waals surface area contributed by atoms with E-state index in [4.69, 9.17) is 0 Å². The molecule has 0 fully saturated rings. The van der Waals surface area contributed by atoms with Crippen LogP contribution in [-0.4, -0.2) is 16.7 Å². The SMILES string of the molecule is CCNc1ccc(N=Nc2sc3cc4cn[nH]c4cc3[n+]2C)cc1. The van der Waals surface area contributed by atoms with Gasteiger partial charge in [0.2, 0.25) is 0 Å². The Balaban J connectivity index is 1.67. The van der Waals surface area contributed by atoms with Crippen LogP contribution in [0.5, 0.6) is 0 Å². The number of fused-ring (bicyclic) bond motifs is 2. The van der Waals surface area contributed by atoms with E-state index in [9.17, 15) is 0 Å². The average molecular weight is 337 g/mol. The van der Waals surface area contributed by atoms with E-state index in [2.05, 4.69) is 49.4 Å². The molecule has 4 aromatic rings. The predicted octanol–water partition coefficient (Wildman–Crippen LogP) is 4.45. The van der Waals surface area contributed by atoms with Crippen LogP contribution in [-0.2, 0) is 7.05 Å². The number of aromatic nitrogens is 3. The quantitative estimate of drug-likeness (QED) is 0.427. The molecule has 0 amide bonds. The van der Waals surface area contributed by atoms with Crippen LogP contribution in [0.2, 0.25) is 0 Å². The third-order valence-electron chi connectivity index (χ3n) is 3.87. The second kappa shape index (κ2) is 6.01. The Bertz CT molecular complexity index is 1030. The molecule has 2 heterocycles. The van der Waals surface area contributed by atoms with Gasteiger partial charge in [-0.3, -0.25) is 5.10 Å². The van der Waals surface area contributed by atoms with Gasteiger partial charge < -0.3 is 5.32 Å². The van der Waals surface area contributed by atoms with Crippen molar-refractivity contribution in [2.75, 3.05) is 11.9 Å². The van der Waals surface area contributed by atoms with Crippen molar-refractivity contribution >= 4 is 49.0 Å². The summed E-state index contributed by atoms with van der Waals surface area (Å²) in [5.74, 6) is 0. The number of H-pyrrole nitrogens is 1. The normalized spacial score (nSPS) is 11.8. The molecule has 0 radical (unpaired) electrons. The molecule has 0 aliphatic heterocycles. The standard InChI is InChI=1S/C17H16N6S/c1-3-18-12-4-6-13(7-5-12)20-22-17-23(2)15-9-14-11(10-19-21-14)8-16(15)24-17/h4-10H,3H2,1-2H3,(H,19,21)/p+1. The van der Waals surface area contributed by atoms with E-state index in [1.807, 2.05) is 37.5 Å². The number of benzene rings is 2. The van der Waals surface area contributed by atoms with E-state index in [1.165, 1.54) is 4.70 Å². The minimum Gasteiger partial charge on any atom is -0.385 e. The number of rotatable bonds is 4. The Kier molecular flexibility index (Phi) is 3.70. The molecule has 4 rings (SSSR count). The van der Waals surface area contributed by atoms with E-state index in [0.717, 1.165) is 39.5 Å². The van der Waals surface area contributed by atoms with Crippen molar-refractivity contribution in [1.82, 2.24) is 10.2 Å². The lowest BCUT2D eigenvalue weighted by Gasteiger charge is -2.00. The lowest BCUT2D eigenvalue weighted by Crippen LogP contribution is -2.25. The lowest BCUT2D eigenvalue weighted by atomic mass is 10.2. The smallest absolute Gasteiger partial charge is 0.385 e. The molecule has 7 heteroatoms. The summed E-state index contributed by atoms with van der Waals surface area (Å²) >= 11 is 1.62. The molecule has 0 saturated heterocycles. The third kappa shape index (κ3) is 2.63. The zero-order valence-electron chi connectivity index (χ0n) is 13.4. The van der Waals surface area contributed by atoms with Crippen LogP contribution in [0.4, 0.5) is 16.5 Å². The van der Waals surface area contributed by atoms with Gasteiger partial charge in [-0.2, -0.15) is 5.10 Å². The first-order valence-electron chi connectivity index (χ1n) is 7.76. The zero-order chi connectivity index (χ0) is 16.5. The van der Waals surface area contributed by atoms with Crippen molar-refractivity contribution < 1.29 is 4.57 Å². The van der Waals surface area contributed by atoms with E-state index in [1.54, 1.807) is 11.3 Å². The van der Waals surface area contributed by atoms with Gasteiger partial charge in [0.05, 0.1) is 28.6 Å². The summed E-state index contributed by atoms with van der Waals surface area (Å²) in [5.41, 5.74) is 4.07. The van der Waals surface area contributed by atoms with Crippen LogP contribution < -0.4 is 9.88 Å². The molecule has 6 nitrogen and oxygen atoms in total. The van der Waals surface area contributed by atoms with Gasteiger partial charge in [0, 0.05) is 23.7 Å². The minimum atomic E-state index is 0.838. The number of thiazole rings is 1. The zero-order valence-corrected chi connectivity index (χ0v) is 14.3. The molecule has 0 spiro atoms. The minimum absolute atomic E-state index is 0.838. The number of aromatic amines is 1. The summed E-state index contributed by atoms with van der Waals surface area (Å²) in [6.07, 6.45) is 1.83. The maximum Gasteiger partial charge on any atom is 0.409 e. The summed E-state index contributed by atoms with van der Waals surface area (Å²) in [5, 5.41) is 21.1. The molecule has 2 N–H and O–H groups in total. The molecule has 2 aromatic heterocycles. The highest BCUT2D eigenvalue weighted by atomic mass is 32.1. The summed E-state index contributed by atoms with van der Waals surface area (Å²) in [4.78, 5) is 0. The van der Waals surface area contributed by atoms with Crippen molar-refractivity contribution in [2.45, 2.75) is 6.92 Å². The fraction of sp³-hybridized carbons (Fsp3) is 0.176. The van der Waals surface area contributed by atoms with Crippen LogP contribution in [0, 0.1) is 0 Å². The maximum absolute atomic E-state index is 4.42. The highest BCUT2D eigenvalue weighted by molar-refractivity contribution is 7.21. The number of aryl methyl sites for hydroxylation is 1. The first-order valence-corrected chi connectivity index (χ1v) is 8.57. The van der Waals surface area contributed by atoms with E-state index in [0.29, 0.717) is 0 Å². The molecule has 120 valence electrons. The van der Waals surface area contributed by atoms with Gasteiger partial charge in [-0.15, -0.1) is 0 Å². The van der Waals surface area contributed by atoms with Crippen LogP contribution in [0.3, 0.4) is 0 Å². The van der Waals surface area contributed by atoms with Gasteiger partial charge in [-0.05, 0) is 53.7 Å². The molecule has 24 heavy (non-hydrogen) atoms. The van der Waals surface area contributed by atoms with Gasteiger partial charge in [0.15, 0.2) is 0 Å². The van der Waals surface area contributed by atoms with Gasteiger partial charge in [-0.25, -0.2) is 4.57 Å². The van der Waals surface area contributed by atoms with Crippen LogP contribution >= 0.6 is 11.3 Å². The molecule has 2 aromatic carbocycles. The van der Waals surface area contributed by atoms with Crippen LogP contribution in [0.15, 0.2) is 52.8 Å². The molecule has 0 unspecified atom stereocenters. The Morgan fingerprint density at radius 2 is 2.04 bits per heavy atom. The lowest BCUT2D eigenvalue weighted by molar-refractivity contribution is -0.627. The van der Waals surface area contributed by atoms with Gasteiger partial charge >= 0.3 is 5.13 Å². The Hall–Kier alpha value is -2.80. The summed E-state index contributed by atoms with van der Waals surface area (Å²) in [6, 6.07) is 12.2. The van der Waals surface area contributed by atoms with Crippen molar-refractivity contribution in [1.29, 1.82) is 0 Å². The number of hydrogen-bond donors (Lipinski definition) is 2.